The first-order valence-electron chi connectivity index (χ1n) is 10.7. The van der Waals surface area contributed by atoms with Crippen LogP contribution >= 0.6 is 0 Å². The summed E-state index contributed by atoms with van der Waals surface area (Å²) in [5.74, 6) is -0.00936. The standard InChI is InChI=1S/C25H27N3O/c1-17-24(20-14-8-9-15-21(20)26-17)25(18-10-4-2-5-11-18)22-16-23(29)28(27-22)19-12-6-3-7-13-19/h2,4-5,8-11,14-16,19,25-27H,3,6-7,12-13H2,1H3. The monoisotopic (exact) mass is 385 g/mol. The SMILES string of the molecule is Cc1[nH]c2ccccc2c1C(c1ccccc1)c1cc(=O)n(C2CCCCC2)[nH]1. The quantitative estimate of drug-likeness (QED) is 0.468. The van der Waals surface area contributed by atoms with Gasteiger partial charge in [-0.15, -0.1) is 0 Å². The van der Waals surface area contributed by atoms with E-state index in [4.69, 9.17) is 0 Å². The van der Waals surface area contributed by atoms with E-state index in [1.54, 1.807) is 0 Å². The third kappa shape index (κ3) is 3.23. The molecular formula is C25H27N3O. The minimum absolute atomic E-state index is 0.00936. The highest BCUT2D eigenvalue weighted by Gasteiger charge is 2.26. The number of fused-ring (bicyclic) bond motifs is 1. The maximum Gasteiger partial charge on any atom is 0.267 e. The molecule has 5 rings (SSSR count). The lowest BCUT2D eigenvalue weighted by Crippen LogP contribution is -2.23. The summed E-state index contributed by atoms with van der Waals surface area (Å²) < 4.78 is 1.88. The minimum Gasteiger partial charge on any atom is -0.358 e. The molecule has 1 fully saturated rings. The number of benzene rings is 2. The van der Waals surface area contributed by atoms with Crippen molar-refractivity contribution < 1.29 is 0 Å². The average Bonchev–Trinajstić information content (AvgIpc) is 3.30. The maximum absolute atomic E-state index is 12.9. The van der Waals surface area contributed by atoms with Crippen LogP contribution in [0.2, 0.25) is 0 Å². The molecule has 1 atom stereocenters. The molecule has 1 unspecified atom stereocenters. The van der Waals surface area contributed by atoms with Crippen LogP contribution in [-0.2, 0) is 0 Å². The van der Waals surface area contributed by atoms with Gasteiger partial charge in [0, 0.05) is 28.4 Å². The third-order valence-electron chi connectivity index (χ3n) is 6.38. The van der Waals surface area contributed by atoms with Crippen LogP contribution in [0.4, 0.5) is 0 Å². The lowest BCUT2D eigenvalue weighted by molar-refractivity contribution is 0.322. The zero-order valence-corrected chi connectivity index (χ0v) is 16.8. The van der Waals surface area contributed by atoms with Gasteiger partial charge in [-0.25, -0.2) is 4.68 Å². The Morgan fingerprint density at radius 1 is 0.966 bits per heavy atom. The van der Waals surface area contributed by atoms with Crippen molar-refractivity contribution in [3.05, 3.63) is 93.5 Å². The van der Waals surface area contributed by atoms with Crippen molar-refractivity contribution in [2.75, 3.05) is 0 Å². The molecule has 4 heteroatoms. The molecule has 2 heterocycles. The summed E-state index contributed by atoms with van der Waals surface area (Å²) in [7, 11) is 0. The lowest BCUT2D eigenvalue weighted by atomic mass is 9.87. The van der Waals surface area contributed by atoms with E-state index in [1.807, 2.05) is 16.8 Å². The number of hydrogen-bond acceptors (Lipinski definition) is 1. The smallest absolute Gasteiger partial charge is 0.267 e. The Hall–Kier alpha value is -3.01. The summed E-state index contributed by atoms with van der Waals surface area (Å²) in [4.78, 5) is 16.5. The summed E-state index contributed by atoms with van der Waals surface area (Å²) >= 11 is 0. The first kappa shape index (κ1) is 18.0. The highest BCUT2D eigenvalue weighted by Crippen LogP contribution is 2.37. The van der Waals surface area contributed by atoms with Gasteiger partial charge in [-0.3, -0.25) is 9.89 Å². The van der Waals surface area contributed by atoms with E-state index < -0.39 is 0 Å². The van der Waals surface area contributed by atoms with Crippen molar-refractivity contribution in [1.82, 2.24) is 14.8 Å². The number of H-pyrrole nitrogens is 2. The van der Waals surface area contributed by atoms with Crippen LogP contribution in [0.5, 0.6) is 0 Å². The number of hydrogen-bond donors (Lipinski definition) is 2. The number of rotatable bonds is 4. The Balaban J connectivity index is 1.68. The molecule has 0 saturated heterocycles. The molecule has 0 spiro atoms. The maximum atomic E-state index is 12.9. The largest absolute Gasteiger partial charge is 0.358 e. The van der Waals surface area contributed by atoms with Gasteiger partial charge in [-0.2, -0.15) is 0 Å². The van der Waals surface area contributed by atoms with Gasteiger partial charge in [-0.05, 0) is 37.0 Å². The Morgan fingerprint density at radius 3 is 2.48 bits per heavy atom. The van der Waals surface area contributed by atoms with Crippen LogP contribution in [0.3, 0.4) is 0 Å². The first-order chi connectivity index (χ1) is 14.2. The highest BCUT2D eigenvalue weighted by atomic mass is 16.1. The fourth-order valence-electron chi connectivity index (χ4n) is 5.00. The summed E-state index contributed by atoms with van der Waals surface area (Å²) in [6.45, 7) is 2.13. The molecule has 2 aromatic carbocycles. The molecule has 0 bridgehead atoms. The molecule has 29 heavy (non-hydrogen) atoms. The van der Waals surface area contributed by atoms with Crippen molar-refractivity contribution in [3.63, 3.8) is 0 Å². The normalized spacial score (nSPS) is 16.3. The van der Waals surface area contributed by atoms with E-state index in [-0.39, 0.29) is 11.5 Å². The predicted octanol–water partition coefficient (Wildman–Crippen LogP) is 5.65. The number of aromatic nitrogens is 3. The van der Waals surface area contributed by atoms with Gasteiger partial charge in [0.15, 0.2) is 0 Å². The summed E-state index contributed by atoms with van der Waals surface area (Å²) in [5, 5.41) is 4.73. The Morgan fingerprint density at radius 2 is 1.69 bits per heavy atom. The molecule has 2 N–H and O–H groups in total. The number of para-hydroxylation sites is 1. The topological polar surface area (TPSA) is 53.6 Å². The third-order valence-corrected chi connectivity index (χ3v) is 6.38. The Labute approximate surface area is 170 Å². The zero-order valence-electron chi connectivity index (χ0n) is 16.8. The number of aromatic amines is 2. The van der Waals surface area contributed by atoms with Crippen LogP contribution in [-0.4, -0.2) is 14.8 Å². The van der Waals surface area contributed by atoms with E-state index in [9.17, 15) is 4.79 Å². The highest BCUT2D eigenvalue weighted by molar-refractivity contribution is 5.86. The fourth-order valence-corrected chi connectivity index (χ4v) is 5.00. The fraction of sp³-hybridized carbons (Fsp3) is 0.320. The summed E-state index contributed by atoms with van der Waals surface area (Å²) in [6.07, 6.45) is 5.86. The summed E-state index contributed by atoms with van der Waals surface area (Å²) in [6, 6.07) is 21.0. The molecule has 1 saturated carbocycles. The second kappa shape index (κ2) is 7.43. The minimum atomic E-state index is -0.00936. The second-order valence-corrected chi connectivity index (χ2v) is 8.26. The number of aryl methyl sites for hydroxylation is 1. The van der Waals surface area contributed by atoms with Gasteiger partial charge in [0.1, 0.15) is 0 Å². The van der Waals surface area contributed by atoms with E-state index in [1.165, 1.54) is 35.8 Å². The van der Waals surface area contributed by atoms with Crippen molar-refractivity contribution >= 4 is 10.9 Å². The molecule has 4 aromatic rings. The second-order valence-electron chi connectivity index (χ2n) is 8.26. The Bertz CT molecular complexity index is 1180. The van der Waals surface area contributed by atoms with Crippen molar-refractivity contribution in [2.45, 2.75) is 51.0 Å². The number of nitrogens with zero attached hydrogens (tertiary/aromatic N) is 1. The number of nitrogens with one attached hydrogen (secondary N) is 2. The molecule has 0 aliphatic heterocycles. The van der Waals surface area contributed by atoms with Crippen LogP contribution in [0, 0.1) is 6.92 Å². The molecular weight excluding hydrogens is 358 g/mol. The molecule has 0 amide bonds. The molecule has 1 aliphatic rings. The van der Waals surface area contributed by atoms with Gasteiger partial charge < -0.3 is 4.98 Å². The summed E-state index contributed by atoms with van der Waals surface area (Å²) in [5.41, 5.74) is 5.77. The molecule has 0 radical (unpaired) electrons. The zero-order chi connectivity index (χ0) is 19.8. The Kier molecular flexibility index (Phi) is 4.62. The molecule has 4 nitrogen and oxygen atoms in total. The van der Waals surface area contributed by atoms with Crippen LogP contribution in [0.15, 0.2) is 65.5 Å². The van der Waals surface area contributed by atoms with Crippen LogP contribution < -0.4 is 5.56 Å². The van der Waals surface area contributed by atoms with Gasteiger partial charge in [-0.1, -0.05) is 67.8 Å². The van der Waals surface area contributed by atoms with Gasteiger partial charge in [0.2, 0.25) is 0 Å². The van der Waals surface area contributed by atoms with Gasteiger partial charge in [0.05, 0.1) is 12.0 Å². The van der Waals surface area contributed by atoms with Crippen molar-refractivity contribution in [2.24, 2.45) is 0 Å². The first-order valence-corrected chi connectivity index (χ1v) is 10.7. The van der Waals surface area contributed by atoms with Crippen LogP contribution in [0.1, 0.15) is 66.6 Å². The van der Waals surface area contributed by atoms with Gasteiger partial charge in [0.25, 0.3) is 5.56 Å². The van der Waals surface area contributed by atoms with E-state index >= 15 is 0 Å². The van der Waals surface area contributed by atoms with Gasteiger partial charge >= 0.3 is 0 Å². The van der Waals surface area contributed by atoms with Crippen molar-refractivity contribution in [1.29, 1.82) is 0 Å². The lowest BCUT2D eigenvalue weighted by Gasteiger charge is -2.23. The van der Waals surface area contributed by atoms with E-state index in [2.05, 4.69) is 65.5 Å². The molecule has 2 aromatic heterocycles. The predicted molar refractivity (Wildman–Crippen MR) is 118 cm³/mol. The van der Waals surface area contributed by atoms with E-state index in [0.717, 1.165) is 29.7 Å². The van der Waals surface area contributed by atoms with E-state index in [0.29, 0.717) is 6.04 Å². The average molecular weight is 386 g/mol. The van der Waals surface area contributed by atoms with Crippen LogP contribution in [0.25, 0.3) is 10.9 Å². The molecule has 148 valence electrons. The van der Waals surface area contributed by atoms with Crippen molar-refractivity contribution in [3.8, 4) is 0 Å². The molecule has 1 aliphatic carbocycles.